The number of benzene rings is 1. The number of rotatable bonds is 3. The van der Waals surface area contributed by atoms with Crippen LogP contribution in [0.4, 0.5) is 4.39 Å². The molecule has 1 aromatic heterocycles. The normalized spacial score (nSPS) is 27.0. The van der Waals surface area contributed by atoms with Gasteiger partial charge in [0.05, 0.1) is 30.0 Å². The van der Waals surface area contributed by atoms with Crippen molar-refractivity contribution in [3.8, 4) is 0 Å². The van der Waals surface area contributed by atoms with Gasteiger partial charge in [-0.15, -0.1) is 11.3 Å². The molecule has 2 atom stereocenters. The monoisotopic (exact) mass is 335 g/mol. The van der Waals surface area contributed by atoms with Crippen molar-refractivity contribution in [1.82, 2.24) is 14.8 Å². The fourth-order valence-electron chi connectivity index (χ4n) is 3.79. The van der Waals surface area contributed by atoms with Crippen LogP contribution in [0, 0.1) is 5.82 Å². The van der Waals surface area contributed by atoms with Crippen LogP contribution in [0.2, 0.25) is 0 Å². The maximum atomic E-state index is 13.3. The van der Waals surface area contributed by atoms with Crippen molar-refractivity contribution in [2.45, 2.75) is 32.0 Å². The molecule has 0 amide bonds. The standard InChI is InChI=1S/C17H22FN3OS/c1-12-15(20-6-8-22-9-7-20)4-5-21(12)11-17-19-14-3-2-13(18)10-16(14)23-17/h2-3,10,12,15H,4-9,11H2,1H3/t12-,15-/m1/s1. The second kappa shape index (κ2) is 6.43. The Morgan fingerprint density at radius 1 is 1.30 bits per heavy atom. The highest BCUT2D eigenvalue weighted by Crippen LogP contribution is 2.28. The third-order valence-corrected chi connectivity index (χ3v) is 6.10. The van der Waals surface area contributed by atoms with Gasteiger partial charge in [-0.05, 0) is 31.5 Å². The fourth-order valence-corrected chi connectivity index (χ4v) is 4.81. The molecule has 0 saturated carbocycles. The van der Waals surface area contributed by atoms with Gasteiger partial charge >= 0.3 is 0 Å². The van der Waals surface area contributed by atoms with Gasteiger partial charge in [-0.25, -0.2) is 9.37 Å². The fraction of sp³-hybridized carbons (Fsp3) is 0.588. The molecule has 3 heterocycles. The summed E-state index contributed by atoms with van der Waals surface area (Å²) >= 11 is 1.61. The third-order valence-electron chi connectivity index (χ3n) is 5.09. The number of hydrogen-bond donors (Lipinski definition) is 0. The average molecular weight is 335 g/mol. The molecule has 4 nitrogen and oxygen atoms in total. The molecule has 2 aliphatic rings. The summed E-state index contributed by atoms with van der Waals surface area (Å²) < 4.78 is 19.7. The highest BCUT2D eigenvalue weighted by atomic mass is 32.1. The van der Waals surface area contributed by atoms with Crippen LogP contribution < -0.4 is 0 Å². The zero-order valence-electron chi connectivity index (χ0n) is 13.4. The van der Waals surface area contributed by atoms with E-state index in [9.17, 15) is 4.39 Å². The Balaban J connectivity index is 1.45. The smallest absolute Gasteiger partial charge is 0.124 e. The number of halogens is 1. The summed E-state index contributed by atoms with van der Waals surface area (Å²) in [5.41, 5.74) is 0.906. The van der Waals surface area contributed by atoms with Crippen LogP contribution in [0.15, 0.2) is 18.2 Å². The first kappa shape index (κ1) is 15.4. The van der Waals surface area contributed by atoms with E-state index in [0.29, 0.717) is 12.1 Å². The summed E-state index contributed by atoms with van der Waals surface area (Å²) in [5, 5.41) is 1.08. The summed E-state index contributed by atoms with van der Waals surface area (Å²) in [5.74, 6) is -0.186. The van der Waals surface area contributed by atoms with Gasteiger partial charge in [-0.3, -0.25) is 9.80 Å². The van der Waals surface area contributed by atoms with Gasteiger partial charge in [-0.1, -0.05) is 0 Å². The SMILES string of the molecule is C[C@@H]1[C@H](N2CCOCC2)CCN1Cc1nc2ccc(F)cc2s1. The van der Waals surface area contributed by atoms with Crippen LogP contribution in [0.25, 0.3) is 10.2 Å². The van der Waals surface area contributed by atoms with E-state index >= 15 is 0 Å². The van der Waals surface area contributed by atoms with Gasteiger partial charge in [0.15, 0.2) is 0 Å². The lowest BCUT2D eigenvalue weighted by Gasteiger charge is -2.35. The van der Waals surface area contributed by atoms with Crippen LogP contribution in [0.3, 0.4) is 0 Å². The predicted molar refractivity (Wildman–Crippen MR) is 90.2 cm³/mol. The molecule has 0 bridgehead atoms. The molecule has 0 N–H and O–H groups in total. The summed E-state index contributed by atoms with van der Waals surface area (Å²) in [7, 11) is 0. The quantitative estimate of drug-likeness (QED) is 0.862. The van der Waals surface area contributed by atoms with Gasteiger partial charge in [-0.2, -0.15) is 0 Å². The lowest BCUT2D eigenvalue weighted by Crippen LogP contribution is -2.48. The Kier molecular flexibility index (Phi) is 4.32. The van der Waals surface area contributed by atoms with E-state index in [-0.39, 0.29) is 5.82 Å². The van der Waals surface area contributed by atoms with Gasteiger partial charge in [0.25, 0.3) is 0 Å². The van der Waals surface area contributed by atoms with Crippen LogP contribution >= 0.6 is 11.3 Å². The maximum absolute atomic E-state index is 13.3. The number of thiazole rings is 1. The van der Waals surface area contributed by atoms with Crippen LogP contribution in [-0.4, -0.2) is 59.7 Å². The van der Waals surface area contributed by atoms with Gasteiger partial charge in [0.1, 0.15) is 10.8 Å². The molecule has 2 aliphatic heterocycles. The van der Waals surface area contributed by atoms with E-state index in [1.165, 1.54) is 12.5 Å². The van der Waals surface area contributed by atoms with Crippen molar-refractivity contribution in [2.75, 3.05) is 32.8 Å². The van der Waals surface area contributed by atoms with Crippen molar-refractivity contribution < 1.29 is 9.13 Å². The largest absolute Gasteiger partial charge is 0.379 e. The molecule has 2 fully saturated rings. The molecular formula is C17H22FN3OS. The predicted octanol–water partition coefficient (Wildman–Crippen LogP) is 2.73. The first-order valence-electron chi connectivity index (χ1n) is 8.31. The minimum atomic E-state index is -0.186. The molecule has 0 aliphatic carbocycles. The molecular weight excluding hydrogens is 313 g/mol. The average Bonchev–Trinajstić information content (AvgIpc) is 3.12. The van der Waals surface area contributed by atoms with E-state index < -0.39 is 0 Å². The lowest BCUT2D eigenvalue weighted by molar-refractivity contribution is 0.00984. The molecule has 2 aromatic rings. The Labute approximate surface area is 139 Å². The zero-order valence-corrected chi connectivity index (χ0v) is 14.2. The topological polar surface area (TPSA) is 28.6 Å². The van der Waals surface area contributed by atoms with Crippen LogP contribution in [0.5, 0.6) is 0 Å². The van der Waals surface area contributed by atoms with Crippen LogP contribution in [-0.2, 0) is 11.3 Å². The third kappa shape index (κ3) is 3.13. The molecule has 0 unspecified atom stereocenters. The second-order valence-electron chi connectivity index (χ2n) is 6.44. The second-order valence-corrected chi connectivity index (χ2v) is 7.55. The highest BCUT2D eigenvalue weighted by Gasteiger charge is 2.35. The van der Waals surface area contributed by atoms with Crippen molar-refractivity contribution in [3.05, 3.63) is 29.0 Å². The minimum Gasteiger partial charge on any atom is -0.379 e. The number of aromatic nitrogens is 1. The molecule has 2 saturated heterocycles. The Hall–Kier alpha value is -1.08. The number of hydrogen-bond acceptors (Lipinski definition) is 5. The van der Waals surface area contributed by atoms with Crippen molar-refractivity contribution >= 4 is 21.6 Å². The minimum absolute atomic E-state index is 0.186. The van der Waals surface area contributed by atoms with E-state index in [2.05, 4.69) is 21.7 Å². The Morgan fingerprint density at radius 3 is 2.96 bits per heavy atom. The van der Waals surface area contributed by atoms with Crippen molar-refractivity contribution in [3.63, 3.8) is 0 Å². The zero-order chi connectivity index (χ0) is 15.8. The van der Waals surface area contributed by atoms with Gasteiger partial charge in [0.2, 0.25) is 0 Å². The number of ether oxygens (including phenoxy) is 1. The molecule has 4 rings (SSSR count). The van der Waals surface area contributed by atoms with Crippen molar-refractivity contribution in [2.24, 2.45) is 0 Å². The molecule has 0 radical (unpaired) electrons. The number of fused-ring (bicyclic) bond motifs is 1. The van der Waals surface area contributed by atoms with E-state index in [1.807, 2.05) is 0 Å². The van der Waals surface area contributed by atoms with E-state index in [4.69, 9.17) is 4.74 Å². The maximum Gasteiger partial charge on any atom is 0.124 e. The first-order valence-corrected chi connectivity index (χ1v) is 9.13. The molecule has 23 heavy (non-hydrogen) atoms. The molecule has 6 heteroatoms. The number of morpholine rings is 1. The van der Waals surface area contributed by atoms with Gasteiger partial charge in [0, 0.05) is 31.7 Å². The highest BCUT2D eigenvalue weighted by molar-refractivity contribution is 7.18. The number of nitrogens with zero attached hydrogens (tertiary/aromatic N) is 3. The van der Waals surface area contributed by atoms with E-state index in [0.717, 1.165) is 54.6 Å². The summed E-state index contributed by atoms with van der Waals surface area (Å²) in [6, 6.07) is 5.98. The molecule has 0 spiro atoms. The Morgan fingerprint density at radius 2 is 2.13 bits per heavy atom. The lowest BCUT2D eigenvalue weighted by atomic mass is 10.1. The summed E-state index contributed by atoms with van der Waals surface area (Å²) in [6.07, 6.45) is 1.21. The number of likely N-dealkylation sites (tertiary alicyclic amines) is 1. The van der Waals surface area contributed by atoms with E-state index in [1.54, 1.807) is 23.5 Å². The molecule has 1 aromatic carbocycles. The van der Waals surface area contributed by atoms with Crippen LogP contribution in [0.1, 0.15) is 18.4 Å². The first-order chi connectivity index (χ1) is 11.2. The summed E-state index contributed by atoms with van der Waals surface area (Å²) in [4.78, 5) is 9.75. The summed E-state index contributed by atoms with van der Waals surface area (Å²) in [6.45, 7) is 8.09. The Bertz CT molecular complexity index is 686. The van der Waals surface area contributed by atoms with Gasteiger partial charge < -0.3 is 4.74 Å². The van der Waals surface area contributed by atoms with Crippen molar-refractivity contribution in [1.29, 1.82) is 0 Å². The molecule has 124 valence electrons.